The van der Waals surface area contributed by atoms with Crippen molar-refractivity contribution in [3.05, 3.63) is 21.9 Å². The molecular formula is C16H21NO2S. The zero-order valence-corrected chi connectivity index (χ0v) is 12.8. The molecule has 1 aliphatic carbocycles. The molecule has 1 atom stereocenters. The number of aliphatic hydroxyl groups is 1. The van der Waals surface area contributed by atoms with E-state index < -0.39 is 0 Å². The fraction of sp³-hybridized carbons (Fsp3) is 0.562. The summed E-state index contributed by atoms with van der Waals surface area (Å²) in [6.45, 7) is 4.54. The van der Waals surface area contributed by atoms with Crippen LogP contribution in [0.4, 0.5) is 0 Å². The lowest BCUT2D eigenvalue weighted by atomic mass is 9.92. The zero-order valence-electron chi connectivity index (χ0n) is 12.0. The largest absolute Gasteiger partial charge is 0.395 e. The van der Waals surface area contributed by atoms with E-state index >= 15 is 0 Å². The van der Waals surface area contributed by atoms with Gasteiger partial charge in [-0.15, -0.1) is 11.3 Å². The van der Waals surface area contributed by atoms with Crippen molar-refractivity contribution in [1.82, 2.24) is 5.32 Å². The Kier molecular flexibility index (Phi) is 4.85. The van der Waals surface area contributed by atoms with Gasteiger partial charge in [-0.1, -0.05) is 25.7 Å². The van der Waals surface area contributed by atoms with Gasteiger partial charge >= 0.3 is 0 Å². The van der Waals surface area contributed by atoms with Crippen molar-refractivity contribution in [2.24, 2.45) is 5.41 Å². The Balaban J connectivity index is 2.00. The van der Waals surface area contributed by atoms with E-state index in [1.807, 2.05) is 11.4 Å². The highest BCUT2D eigenvalue weighted by Gasteiger charge is 2.32. The Hall–Kier alpha value is -1.31. The summed E-state index contributed by atoms with van der Waals surface area (Å²) in [4.78, 5) is 13.0. The Morgan fingerprint density at radius 3 is 3.05 bits per heavy atom. The molecule has 1 aromatic heterocycles. The van der Waals surface area contributed by atoms with Crippen molar-refractivity contribution in [3.8, 4) is 11.8 Å². The third-order valence-electron chi connectivity index (χ3n) is 3.64. The Morgan fingerprint density at radius 2 is 2.40 bits per heavy atom. The molecule has 4 heteroatoms. The van der Waals surface area contributed by atoms with Gasteiger partial charge in [0.05, 0.1) is 6.61 Å². The molecule has 0 aromatic carbocycles. The summed E-state index contributed by atoms with van der Waals surface area (Å²) in [5, 5.41) is 13.7. The maximum Gasteiger partial charge on any atom is 0.262 e. The first-order valence-corrected chi connectivity index (χ1v) is 7.88. The van der Waals surface area contributed by atoms with E-state index in [-0.39, 0.29) is 18.6 Å². The molecular weight excluding hydrogens is 270 g/mol. The highest BCUT2D eigenvalue weighted by Crippen LogP contribution is 2.37. The topological polar surface area (TPSA) is 49.3 Å². The quantitative estimate of drug-likeness (QED) is 0.841. The van der Waals surface area contributed by atoms with E-state index in [0.717, 1.165) is 24.8 Å². The Morgan fingerprint density at radius 1 is 1.60 bits per heavy atom. The van der Waals surface area contributed by atoms with E-state index in [1.165, 1.54) is 11.3 Å². The van der Waals surface area contributed by atoms with Crippen LogP contribution in [-0.4, -0.2) is 23.7 Å². The first-order chi connectivity index (χ1) is 9.52. The maximum atomic E-state index is 12.3. The van der Waals surface area contributed by atoms with E-state index in [0.29, 0.717) is 16.7 Å². The van der Waals surface area contributed by atoms with Crippen LogP contribution < -0.4 is 5.32 Å². The molecule has 2 N–H and O–H groups in total. The van der Waals surface area contributed by atoms with E-state index in [9.17, 15) is 4.79 Å². The summed E-state index contributed by atoms with van der Waals surface area (Å²) >= 11 is 1.42. The first kappa shape index (κ1) is 15.1. The van der Waals surface area contributed by atoms with Crippen LogP contribution in [-0.2, 0) is 0 Å². The van der Waals surface area contributed by atoms with Crippen LogP contribution in [0.25, 0.3) is 0 Å². The number of thiophene rings is 1. The molecule has 1 aliphatic rings. The van der Waals surface area contributed by atoms with Crippen molar-refractivity contribution in [3.63, 3.8) is 0 Å². The van der Waals surface area contributed by atoms with Crippen molar-refractivity contribution in [1.29, 1.82) is 0 Å². The highest BCUT2D eigenvalue weighted by molar-refractivity contribution is 7.12. The monoisotopic (exact) mass is 291 g/mol. The number of carbonyl (C=O) groups excluding carboxylic acids is 1. The van der Waals surface area contributed by atoms with Gasteiger partial charge in [0.15, 0.2) is 0 Å². The Labute approximate surface area is 124 Å². The second kappa shape index (κ2) is 6.43. The summed E-state index contributed by atoms with van der Waals surface area (Å²) in [5.74, 6) is 5.80. The molecule has 1 fully saturated rings. The number of amides is 1. The molecule has 0 saturated heterocycles. The van der Waals surface area contributed by atoms with E-state index in [4.69, 9.17) is 5.11 Å². The minimum Gasteiger partial charge on any atom is -0.395 e. The molecule has 0 spiro atoms. The second-order valence-electron chi connectivity index (χ2n) is 6.02. The SMILES string of the molecule is CC1(C)CCC(NC(=O)c2sccc2C#CCCO)C1. The lowest BCUT2D eigenvalue weighted by molar-refractivity contribution is 0.0940. The predicted octanol–water partition coefficient (Wildman–Crippen LogP) is 2.79. The fourth-order valence-corrected chi connectivity index (χ4v) is 3.36. The predicted molar refractivity (Wildman–Crippen MR) is 81.8 cm³/mol. The zero-order chi connectivity index (χ0) is 14.6. The number of hydrogen-bond donors (Lipinski definition) is 2. The minimum absolute atomic E-state index is 0.0176. The average molecular weight is 291 g/mol. The second-order valence-corrected chi connectivity index (χ2v) is 6.93. The fourth-order valence-electron chi connectivity index (χ4n) is 2.61. The molecule has 1 heterocycles. The van der Waals surface area contributed by atoms with Gasteiger partial charge in [0, 0.05) is 18.0 Å². The van der Waals surface area contributed by atoms with Crippen molar-refractivity contribution in [2.45, 2.75) is 45.6 Å². The smallest absolute Gasteiger partial charge is 0.262 e. The van der Waals surface area contributed by atoms with Gasteiger partial charge in [-0.25, -0.2) is 0 Å². The van der Waals surface area contributed by atoms with Crippen molar-refractivity contribution >= 4 is 17.2 Å². The van der Waals surface area contributed by atoms with Gasteiger partial charge < -0.3 is 10.4 Å². The lowest BCUT2D eigenvalue weighted by Crippen LogP contribution is -2.33. The van der Waals surface area contributed by atoms with Crippen LogP contribution in [0.5, 0.6) is 0 Å². The molecule has 1 aromatic rings. The van der Waals surface area contributed by atoms with Crippen LogP contribution in [0, 0.1) is 17.3 Å². The van der Waals surface area contributed by atoms with E-state index in [2.05, 4.69) is 31.0 Å². The highest BCUT2D eigenvalue weighted by atomic mass is 32.1. The Bertz CT molecular complexity index is 536. The van der Waals surface area contributed by atoms with Crippen LogP contribution in [0.15, 0.2) is 11.4 Å². The van der Waals surface area contributed by atoms with Gasteiger partial charge in [-0.05, 0) is 36.1 Å². The van der Waals surface area contributed by atoms with Crippen LogP contribution in [0.2, 0.25) is 0 Å². The minimum atomic E-state index is -0.0176. The maximum absolute atomic E-state index is 12.3. The number of carbonyl (C=O) groups is 1. The van der Waals surface area contributed by atoms with Gasteiger partial charge in [0.2, 0.25) is 0 Å². The van der Waals surface area contributed by atoms with Crippen LogP contribution >= 0.6 is 11.3 Å². The molecule has 2 rings (SSSR count). The molecule has 108 valence electrons. The summed E-state index contributed by atoms with van der Waals surface area (Å²) < 4.78 is 0. The van der Waals surface area contributed by atoms with Crippen molar-refractivity contribution < 1.29 is 9.90 Å². The third-order valence-corrected chi connectivity index (χ3v) is 4.55. The molecule has 0 radical (unpaired) electrons. The van der Waals surface area contributed by atoms with Gasteiger partial charge in [-0.2, -0.15) is 0 Å². The molecule has 3 nitrogen and oxygen atoms in total. The summed E-state index contributed by atoms with van der Waals surface area (Å²) in [6.07, 6.45) is 3.69. The molecule has 0 aliphatic heterocycles. The number of hydrogen-bond acceptors (Lipinski definition) is 3. The van der Waals surface area contributed by atoms with Gasteiger partial charge in [0.1, 0.15) is 4.88 Å². The summed E-state index contributed by atoms with van der Waals surface area (Å²) in [6, 6.07) is 2.14. The summed E-state index contributed by atoms with van der Waals surface area (Å²) in [5.41, 5.74) is 1.09. The van der Waals surface area contributed by atoms with Gasteiger partial charge in [-0.3, -0.25) is 4.79 Å². The van der Waals surface area contributed by atoms with Gasteiger partial charge in [0.25, 0.3) is 5.91 Å². The molecule has 1 saturated carbocycles. The standard InChI is InChI=1S/C16H21NO2S/c1-16(2)8-6-13(11-16)17-15(19)14-12(7-10-20-14)5-3-4-9-18/h7,10,13,18H,4,6,8-9,11H2,1-2H3,(H,17,19). The summed E-state index contributed by atoms with van der Waals surface area (Å²) in [7, 11) is 0. The average Bonchev–Trinajstić information content (AvgIpc) is 2.96. The molecule has 1 unspecified atom stereocenters. The first-order valence-electron chi connectivity index (χ1n) is 7.00. The number of rotatable bonds is 3. The van der Waals surface area contributed by atoms with Crippen LogP contribution in [0.1, 0.15) is 54.8 Å². The molecule has 1 amide bonds. The third kappa shape index (κ3) is 3.84. The lowest BCUT2D eigenvalue weighted by Gasteiger charge is -2.17. The number of aliphatic hydroxyl groups excluding tert-OH is 1. The van der Waals surface area contributed by atoms with Crippen LogP contribution in [0.3, 0.4) is 0 Å². The number of nitrogens with one attached hydrogen (secondary N) is 1. The van der Waals surface area contributed by atoms with Crippen molar-refractivity contribution in [2.75, 3.05) is 6.61 Å². The molecule has 0 bridgehead atoms. The van der Waals surface area contributed by atoms with E-state index in [1.54, 1.807) is 0 Å². The normalized spacial score (nSPS) is 20.2. The molecule has 20 heavy (non-hydrogen) atoms.